The van der Waals surface area contributed by atoms with Gasteiger partial charge in [-0.2, -0.15) is 0 Å². The highest BCUT2D eigenvalue weighted by atomic mass is 79.9. The maximum Gasteiger partial charge on any atom is 0.254 e. The summed E-state index contributed by atoms with van der Waals surface area (Å²) in [5.74, 6) is 2.13. The SMILES string of the molecule is O=C(c1ccc2c(c1)OCCO2)N1CCCC(CCBr)C1. The molecule has 1 fully saturated rings. The maximum atomic E-state index is 12.7. The number of carbonyl (C=O) groups excluding carboxylic acids is 1. The van der Waals surface area contributed by atoms with Crippen LogP contribution in [0.4, 0.5) is 0 Å². The first-order valence-corrected chi connectivity index (χ1v) is 8.65. The molecule has 114 valence electrons. The van der Waals surface area contributed by atoms with Crippen LogP contribution in [0.25, 0.3) is 0 Å². The van der Waals surface area contributed by atoms with E-state index in [2.05, 4.69) is 15.9 Å². The van der Waals surface area contributed by atoms with Crippen molar-refractivity contribution in [1.82, 2.24) is 4.90 Å². The zero-order valence-electron chi connectivity index (χ0n) is 12.0. The molecule has 0 spiro atoms. The van der Waals surface area contributed by atoms with Crippen molar-refractivity contribution in [3.05, 3.63) is 23.8 Å². The van der Waals surface area contributed by atoms with E-state index in [1.54, 1.807) is 0 Å². The van der Waals surface area contributed by atoms with Gasteiger partial charge in [0.1, 0.15) is 13.2 Å². The van der Waals surface area contributed by atoms with Gasteiger partial charge in [-0.05, 0) is 43.4 Å². The van der Waals surface area contributed by atoms with Crippen LogP contribution in [-0.2, 0) is 0 Å². The quantitative estimate of drug-likeness (QED) is 0.783. The topological polar surface area (TPSA) is 38.8 Å². The van der Waals surface area contributed by atoms with Gasteiger partial charge in [-0.1, -0.05) is 15.9 Å². The second kappa shape index (κ2) is 6.69. The number of rotatable bonds is 3. The molecule has 5 heteroatoms. The molecule has 3 rings (SSSR count). The second-order valence-corrected chi connectivity index (χ2v) is 6.39. The summed E-state index contributed by atoms with van der Waals surface area (Å²) in [5, 5.41) is 1.00. The predicted octanol–water partition coefficient (Wildman–Crippen LogP) is 3.10. The van der Waals surface area contributed by atoms with Gasteiger partial charge in [0, 0.05) is 24.0 Å². The van der Waals surface area contributed by atoms with Crippen molar-refractivity contribution in [3.8, 4) is 11.5 Å². The zero-order valence-corrected chi connectivity index (χ0v) is 13.6. The van der Waals surface area contributed by atoms with Crippen molar-refractivity contribution in [2.24, 2.45) is 5.92 Å². The summed E-state index contributed by atoms with van der Waals surface area (Å²) in [6.45, 7) is 2.83. The van der Waals surface area contributed by atoms with Gasteiger partial charge in [-0.3, -0.25) is 4.79 Å². The molecule has 4 nitrogen and oxygen atoms in total. The van der Waals surface area contributed by atoms with Crippen LogP contribution in [0.15, 0.2) is 18.2 Å². The molecule has 0 bridgehead atoms. The van der Waals surface area contributed by atoms with Gasteiger partial charge in [0.15, 0.2) is 11.5 Å². The Hall–Kier alpha value is -1.23. The maximum absolute atomic E-state index is 12.7. The first kappa shape index (κ1) is 14.7. The average Bonchev–Trinajstić information content (AvgIpc) is 2.54. The summed E-state index contributed by atoms with van der Waals surface area (Å²) in [6.07, 6.45) is 3.44. The standard InChI is InChI=1S/C16H20BrNO3/c17-6-5-12-2-1-7-18(11-12)16(19)13-3-4-14-15(10-13)21-9-8-20-14/h3-4,10,12H,1-2,5-9,11H2. The monoisotopic (exact) mass is 353 g/mol. The van der Waals surface area contributed by atoms with Crippen LogP contribution in [0, 0.1) is 5.92 Å². The van der Waals surface area contributed by atoms with E-state index in [1.165, 1.54) is 6.42 Å². The molecule has 2 aliphatic rings. The molecule has 0 aliphatic carbocycles. The third-order valence-electron chi connectivity index (χ3n) is 4.11. The number of carbonyl (C=O) groups is 1. The molecule has 1 unspecified atom stereocenters. The highest BCUT2D eigenvalue weighted by Gasteiger charge is 2.25. The fraction of sp³-hybridized carbons (Fsp3) is 0.562. The molecule has 1 saturated heterocycles. The summed E-state index contributed by atoms with van der Waals surface area (Å²) in [4.78, 5) is 14.6. The van der Waals surface area contributed by atoms with Crippen molar-refractivity contribution in [2.75, 3.05) is 31.6 Å². The molecule has 21 heavy (non-hydrogen) atoms. The second-order valence-electron chi connectivity index (χ2n) is 5.60. The molecule has 1 aromatic rings. The van der Waals surface area contributed by atoms with Gasteiger partial charge in [0.05, 0.1) is 0 Å². The molecule has 2 aliphatic heterocycles. The smallest absolute Gasteiger partial charge is 0.254 e. The number of benzene rings is 1. The van der Waals surface area contributed by atoms with E-state index in [-0.39, 0.29) is 5.91 Å². The van der Waals surface area contributed by atoms with Crippen LogP contribution in [0.3, 0.4) is 0 Å². The minimum atomic E-state index is 0.103. The van der Waals surface area contributed by atoms with Crippen LogP contribution in [0.5, 0.6) is 11.5 Å². The average molecular weight is 354 g/mol. The van der Waals surface area contributed by atoms with E-state index in [9.17, 15) is 4.79 Å². The third kappa shape index (κ3) is 3.34. The zero-order chi connectivity index (χ0) is 14.7. The molecule has 1 atom stereocenters. The number of alkyl halides is 1. The van der Waals surface area contributed by atoms with Gasteiger partial charge in [-0.25, -0.2) is 0 Å². The number of ether oxygens (including phenoxy) is 2. The number of piperidine rings is 1. The summed E-state index contributed by atoms with van der Waals surface area (Å²) in [5.41, 5.74) is 0.693. The van der Waals surface area contributed by atoms with Crippen LogP contribution in [0.2, 0.25) is 0 Å². The van der Waals surface area contributed by atoms with Crippen LogP contribution in [-0.4, -0.2) is 42.4 Å². The van der Waals surface area contributed by atoms with Crippen molar-refractivity contribution in [3.63, 3.8) is 0 Å². The number of amides is 1. The minimum Gasteiger partial charge on any atom is -0.486 e. The Bertz CT molecular complexity index is 518. The van der Waals surface area contributed by atoms with E-state index in [1.807, 2.05) is 23.1 Å². The summed E-state index contributed by atoms with van der Waals surface area (Å²) in [7, 11) is 0. The van der Waals surface area contributed by atoms with Crippen molar-refractivity contribution < 1.29 is 14.3 Å². The minimum absolute atomic E-state index is 0.103. The number of halogens is 1. The summed E-state index contributed by atoms with van der Waals surface area (Å²) in [6, 6.07) is 5.48. The molecule has 0 N–H and O–H groups in total. The lowest BCUT2D eigenvalue weighted by molar-refractivity contribution is 0.0671. The molecule has 2 heterocycles. The fourth-order valence-electron chi connectivity index (χ4n) is 3.00. The molecule has 0 saturated carbocycles. The van der Waals surface area contributed by atoms with E-state index >= 15 is 0 Å². The number of hydrogen-bond acceptors (Lipinski definition) is 3. The Morgan fingerprint density at radius 1 is 1.29 bits per heavy atom. The molecular formula is C16H20BrNO3. The number of likely N-dealkylation sites (tertiary alicyclic amines) is 1. The van der Waals surface area contributed by atoms with E-state index < -0.39 is 0 Å². The van der Waals surface area contributed by atoms with Gasteiger partial charge in [0.25, 0.3) is 5.91 Å². The van der Waals surface area contributed by atoms with Gasteiger partial charge < -0.3 is 14.4 Å². The predicted molar refractivity (Wildman–Crippen MR) is 84.5 cm³/mol. The van der Waals surface area contributed by atoms with Crippen LogP contribution in [0.1, 0.15) is 29.6 Å². The highest BCUT2D eigenvalue weighted by molar-refractivity contribution is 9.09. The van der Waals surface area contributed by atoms with Gasteiger partial charge in [-0.15, -0.1) is 0 Å². The molecule has 0 aromatic heterocycles. The number of hydrogen-bond donors (Lipinski definition) is 0. The lowest BCUT2D eigenvalue weighted by Crippen LogP contribution is -2.40. The molecule has 1 amide bonds. The lowest BCUT2D eigenvalue weighted by atomic mass is 9.95. The Morgan fingerprint density at radius 3 is 2.90 bits per heavy atom. The normalized spacial score (nSPS) is 21.2. The Balaban J connectivity index is 1.72. The Morgan fingerprint density at radius 2 is 2.10 bits per heavy atom. The van der Waals surface area contributed by atoms with Crippen molar-refractivity contribution >= 4 is 21.8 Å². The van der Waals surface area contributed by atoms with Crippen molar-refractivity contribution in [2.45, 2.75) is 19.3 Å². The van der Waals surface area contributed by atoms with Gasteiger partial charge >= 0.3 is 0 Å². The highest BCUT2D eigenvalue weighted by Crippen LogP contribution is 2.31. The first-order chi connectivity index (χ1) is 10.3. The number of fused-ring (bicyclic) bond motifs is 1. The van der Waals surface area contributed by atoms with E-state index in [0.717, 1.165) is 37.0 Å². The first-order valence-electron chi connectivity index (χ1n) is 7.53. The van der Waals surface area contributed by atoms with E-state index in [0.29, 0.717) is 30.4 Å². The van der Waals surface area contributed by atoms with E-state index in [4.69, 9.17) is 9.47 Å². The Kier molecular flexibility index (Phi) is 4.68. The fourth-order valence-corrected chi connectivity index (χ4v) is 3.65. The van der Waals surface area contributed by atoms with Crippen molar-refractivity contribution in [1.29, 1.82) is 0 Å². The van der Waals surface area contributed by atoms with Crippen LogP contribution >= 0.6 is 15.9 Å². The summed E-state index contributed by atoms with van der Waals surface area (Å²) >= 11 is 3.49. The molecular weight excluding hydrogens is 334 g/mol. The Labute approximate surface area is 133 Å². The third-order valence-corrected chi connectivity index (χ3v) is 4.57. The van der Waals surface area contributed by atoms with Gasteiger partial charge in [0.2, 0.25) is 0 Å². The lowest BCUT2D eigenvalue weighted by Gasteiger charge is -2.32. The summed E-state index contributed by atoms with van der Waals surface area (Å²) < 4.78 is 11.1. The van der Waals surface area contributed by atoms with Crippen LogP contribution < -0.4 is 9.47 Å². The largest absolute Gasteiger partial charge is 0.486 e. The molecule has 0 radical (unpaired) electrons. The number of nitrogens with zero attached hydrogens (tertiary/aromatic N) is 1. The molecule has 1 aromatic carbocycles.